The van der Waals surface area contributed by atoms with Gasteiger partial charge in [-0.25, -0.2) is 9.97 Å². The summed E-state index contributed by atoms with van der Waals surface area (Å²) in [6.07, 6.45) is 3.61. The van der Waals surface area contributed by atoms with E-state index in [1.165, 1.54) is 20.2 Å². The second-order valence-electron chi connectivity index (χ2n) is 10.7. The predicted molar refractivity (Wildman–Crippen MR) is 181 cm³/mol. The van der Waals surface area contributed by atoms with Crippen LogP contribution in [0.4, 0.5) is 0 Å². The predicted octanol–water partition coefficient (Wildman–Crippen LogP) is 9.73. The number of aromatic nitrogens is 5. The molecule has 0 saturated heterocycles. The second-order valence-corrected chi connectivity index (χ2v) is 11.8. The maximum absolute atomic E-state index is 5.35. The molecule has 6 heterocycles. The van der Waals surface area contributed by atoms with Crippen LogP contribution in [0, 0.1) is 0 Å². The number of hydrogen-bond acceptors (Lipinski definition) is 5. The Morgan fingerprint density at radius 3 is 1.91 bits per heavy atom. The summed E-state index contributed by atoms with van der Waals surface area (Å²) in [5, 5.41) is 3.68. The summed E-state index contributed by atoms with van der Waals surface area (Å²) in [6.45, 7) is 0. The Labute approximate surface area is 256 Å². The first-order chi connectivity index (χ1) is 21.8. The van der Waals surface area contributed by atoms with Crippen LogP contribution < -0.4 is 0 Å². The number of pyridine rings is 4. The molecule has 5 nitrogen and oxygen atoms in total. The van der Waals surface area contributed by atoms with Crippen molar-refractivity contribution in [2.45, 2.75) is 0 Å². The van der Waals surface area contributed by atoms with E-state index in [1.54, 1.807) is 12.4 Å². The summed E-state index contributed by atoms with van der Waals surface area (Å²) in [4.78, 5) is 19.6. The summed E-state index contributed by atoms with van der Waals surface area (Å²) < 4.78 is 4.83. The minimum Gasteiger partial charge on any atom is -0.307 e. The first-order valence-electron chi connectivity index (χ1n) is 14.5. The number of benzene rings is 3. The minimum absolute atomic E-state index is 0.788. The molecule has 0 saturated carbocycles. The maximum Gasteiger partial charge on any atom is 0.0985 e. The van der Waals surface area contributed by atoms with Gasteiger partial charge in [-0.15, -0.1) is 11.3 Å². The quantitative estimate of drug-likeness (QED) is 0.208. The Bertz CT molecular complexity index is 2430. The lowest BCUT2D eigenvalue weighted by Crippen LogP contribution is -1.99. The zero-order valence-electron chi connectivity index (χ0n) is 23.4. The van der Waals surface area contributed by atoms with Crippen LogP contribution in [-0.4, -0.2) is 24.5 Å². The Morgan fingerprint density at radius 2 is 1.18 bits per heavy atom. The topological polar surface area (TPSA) is 56.5 Å². The lowest BCUT2D eigenvalue weighted by Gasteiger charge is -2.12. The van der Waals surface area contributed by atoms with Crippen molar-refractivity contribution in [2.75, 3.05) is 0 Å². The van der Waals surface area contributed by atoms with E-state index in [0.717, 1.165) is 61.7 Å². The molecule has 3 aromatic carbocycles. The molecule has 9 rings (SSSR count). The molecule has 0 atom stereocenters. The van der Waals surface area contributed by atoms with Crippen molar-refractivity contribution in [3.8, 4) is 39.7 Å². The highest BCUT2D eigenvalue weighted by Gasteiger charge is 2.21. The highest BCUT2D eigenvalue weighted by atomic mass is 32.1. The second kappa shape index (κ2) is 9.93. The van der Waals surface area contributed by atoms with Crippen LogP contribution in [0.5, 0.6) is 0 Å². The van der Waals surface area contributed by atoms with E-state index in [0.29, 0.717) is 0 Å². The van der Waals surface area contributed by atoms with Crippen LogP contribution in [0.2, 0.25) is 0 Å². The van der Waals surface area contributed by atoms with Gasteiger partial charge in [0.2, 0.25) is 0 Å². The van der Waals surface area contributed by atoms with Crippen molar-refractivity contribution in [1.82, 2.24) is 24.5 Å². The first kappa shape index (κ1) is 24.8. The van der Waals surface area contributed by atoms with Crippen molar-refractivity contribution in [3.05, 3.63) is 140 Å². The number of rotatable bonds is 4. The third-order valence-corrected chi connectivity index (χ3v) is 9.31. The van der Waals surface area contributed by atoms with E-state index in [9.17, 15) is 0 Å². The summed E-state index contributed by atoms with van der Waals surface area (Å²) in [5.74, 6) is 0. The molecule has 0 spiro atoms. The van der Waals surface area contributed by atoms with Crippen LogP contribution in [0.25, 0.3) is 81.8 Å². The molecule has 0 aliphatic carbocycles. The van der Waals surface area contributed by atoms with Crippen molar-refractivity contribution in [2.24, 2.45) is 0 Å². The zero-order chi connectivity index (χ0) is 29.0. The largest absolute Gasteiger partial charge is 0.307 e. The lowest BCUT2D eigenvalue weighted by atomic mass is 10.1. The molecule has 0 fully saturated rings. The highest BCUT2D eigenvalue weighted by molar-refractivity contribution is 7.26. The molecular weight excluding hydrogens is 559 g/mol. The van der Waals surface area contributed by atoms with Crippen LogP contribution in [0.15, 0.2) is 140 Å². The monoisotopic (exact) mass is 581 g/mol. The van der Waals surface area contributed by atoms with Gasteiger partial charge in [-0.05, 0) is 60.7 Å². The molecule has 0 radical (unpaired) electrons. The molecule has 9 aromatic rings. The van der Waals surface area contributed by atoms with Crippen LogP contribution in [-0.2, 0) is 0 Å². The lowest BCUT2D eigenvalue weighted by molar-refractivity contribution is 1.14. The Kier molecular flexibility index (Phi) is 5.61. The van der Waals surface area contributed by atoms with E-state index < -0.39 is 0 Å². The van der Waals surface area contributed by atoms with Gasteiger partial charge in [-0.2, -0.15) is 0 Å². The van der Waals surface area contributed by atoms with Gasteiger partial charge in [-0.1, -0.05) is 66.7 Å². The minimum atomic E-state index is 0.788. The fourth-order valence-corrected chi connectivity index (χ4v) is 7.37. The van der Waals surface area contributed by atoms with E-state index in [1.807, 2.05) is 53.8 Å². The van der Waals surface area contributed by atoms with Gasteiger partial charge in [0.05, 0.1) is 50.7 Å². The van der Waals surface area contributed by atoms with Crippen LogP contribution in [0.3, 0.4) is 0 Å². The normalized spacial score (nSPS) is 11.6. The third kappa shape index (κ3) is 3.92. The molecule has 0 unspecified atom stereocenters. The van der Waals surface area contributed by atoms with Gasteiger partial charge in [0.25, 0.3) is 0 Å². The molecular formula is C38H23N5S. The fourth-order valence-electron chi connectivity index (χ4n) is 6.12. The summed E-state index contributed by atoms with van der Waals surface area (Å²) in [7, 11) is 0. The molecule has 206 valence electrons. The van der Waals surface area contributed by atoms with E-state index in [-0.39, 0.29) is 0 Å². The Balaban J connectivity index is 1.40. The molecule has 6 heteroatoms. The van der Waals surface area contributed by atoms with Crippen molar-refractivity contribution in [1.29, 1.82) is 0 Å². The third-order valence-electron chi connectivity index (χ3n) is 8.11. The smallest absolute Gasteiger partial charge is 0.0985 e. The van der Waals surface area contributed by atoms with Crippen molar-refractivity contribution in [3.63, 3.8) is 0 Å². The molecule has 0 aliphatic heterocycles. The molecule has 0 amide bonds. The van der Waals surface area contributed by atoms with Gasteiger partial charge in [0.1, 0.15) is 0 Å². The number of fused-ring (bicyclic) bond motifs is 7. The number of nitrogens with zero attached hydrogens (tertiary/aromatic N) is 5. The summed E-state index contributed by atoms with van der Waals surface area (Å²) in [5.41, 5.74) is 9.34. The summed E-state index contributed by atoms with van der Waals surface area (Å²) >= 11 is 1.83. The molecule has 6 aromatic heterocycles. The standard InChI is InChI=1S/C38H23N5S/c1-2-10-24(11-3-1)28-17-19-34-37(42-28)36-33(18-16-27-26-12-4-5-15-35(26)44-38(27)36)43(34)25-22-31(29-13-6-8-20-39-29)41-32(23-25)30-14-7-9-21-40-30/h1-23H. The van der Waals surface area contributed by atoms with Gasteiger partial charge in [-0.3, -0.25) is 9.97 Å². The fraction of sp³-hybridized carbons (Fsp3) is 0. The van der Waals surface area contributed by atoms with Gasteiger partial charge in [0.15, 0.2) is 0 Å². The Morgan fingerprint density at radius 1 is 0.500 bits per heavy atom. The average Bonchev–Trinajstić information content (AvgIpc) is 3.64. The van der Waals surface area contributed by atoms with Crippen LogP contribution >= 0.6 is 11.3 Å². The van der Waals surface area contributed by atoms with Gasteiger partial charge in [0, 0.05) is 43.5 Å². The van der Waals surface area contributed by atoms with E-state index in [2.05, 4.69) is 99.5 Å². The van der Waals surface area contributed by atoms with Gasteiger partial charge < -0.3 is 4.57 Å². The van der Waals surface area contributed by atoms with Crippen LogP contribution in [0.1, 0.15) is 0 Å². The molecule has 0 bridgehead atoms. The Hall–Kier alpha value is -5.72. The van der Waals surface area contributed by atoms with Gasteiger partial charge >= 0.3 is 0 Å². The average molecular weight is 582 g/mol. The zero-order valence-corrected chi connectivity index (χ0v) is 24.2. The molecule has 0 aliphatic rings. The van der Waals surface area contributed by atoms with Crippen molar-refractivity contribution < 1.29 is 0 Å². The molecule has 44 heavy (non-hydrogen) atoms. The maximum atomic E-state index is 5.35. The van der Waals surface area contributed by atoms with E-state index >= 15 is 0 Å². The number of thiophene rings is 1. The van der Waals surface area contributed by atoms with E-state index in [4.69, 9.17) is 9.97 Å². The van der Waals surface area contributed by atoms with Crippen molar-refractivity contribution >= 4 is 53.4 Å². The SMILES string of the molecule is c1ccc(-c2ccc3c(n2)c2c4sc5ccccc5c4ccc2n3-c2cc(-c3ccccn3)nc(-c3ccccn3)c2)cc1. The summed E-state index contributed by atoms with van der Waals surface area (Å²) in [6, 6.07) is 43.9. The number of hydrogen-bond donors (Lipinski definition) is 0. The molecule has 0 N–H and O–H groups in total. The first-order valence-corrected chi connectivity index (χ1v) is 15.3. The highest BCUT2D eigenvalue weighted by Crippen LogP contribution is 2.43.